The summed E-state index contributed by atoms with van der Waals surface area (Å²) in [5, 5.41) is 0. The molecule has 4 fully saturated rings. The summed E-state index contributed by atoms with van der Waals surface area (Å²) in [7, 11) is 0. The van der Waals surface area contributed by atoms with Gasteiger partial charge in [-0.15, -0.1) is 0 Å². The van der Waals surface area contributed by atoms with Gasteiger partial charge in [0, 0.05) is 33.4 Å². The summed E-state index contributed by atoms with van der Waals surface area (Å²) >= 11 is 0. The van der Waals surface area contributed by atoms with Gasteiger partial charge in [0.25, 0.3) is 0 Å². The third-order valence-electron chi connectivity index (χ3n) is 12.8. The van der Waals surface area contributed by atoms with Gasteiger partial charge in [-0.25, -0.2) is 29.9 Å². The van der Waals surface area contributed by atoms with Crippen LogP contribution in [0.15, 0.2) is 164 Å². The van der Waals surface area contributed by atoms with Crippen LogP contribution in [-0.2, 0) is 5.41 Å². The molecule has 4 aliphatic rings. The molecule has 4 aliphatic carbocycles. The second kappa shape index (κ2) is 14.4. The van der Waals surface area contributed by atoms with Crippen molar-refractivity contribution in [3.8, 4) is 79.5 Å². The van der Waals surface area contributed by atoms with Crippen LogP contribution in [0.2, 0.25) is 0 Å². The minimum atomic E-state index is 0.335. The van der Waals surface area contributed by atoms with Gasteiger partial charge in [0.05, 0.1) is 0 Å². The van der Waals surface area contributed by atoms with E-state index < -0.39 is 0 Å². The molecule has 0 unspecified atom stereocenters. The molecule has 0 atom stereocenters. The van der Waals surface area contributed by atoms with Gasteiger partial charge >= 0.3 is 0 Å². The van der Waals surface area contributed by atoms with Gasteiger partial charge in [-0.3, -0.25) is 0 Å². The molecule has 2 heterocycles. The molecule has 0 amide bonds. The second-order valence-corrected chi connectivity index (χ2v) is 16.6. The average Bonchev–Trinajstić information content (AvgIpc) is 3.29. The van der Waals surface area contributed by atoms with Crippen LogP contribution in [0.4, 0.5) is 0 Å². The normalized spacial score (nSPS) is 20.6. The standard InChI is InChI=1S/C52H42N6/c1-4-14-37(15-5-1)46-53-47(38-16-6-2-7-17-38)56-50(55-46)44-22-12-10-20-42(44)43-21-11-13-23-45(43)51-57-48(39-18-8-3-9-19-39)54-49(58-51)40-24-26-41(27-25-40)52-31-34-28-35(32-52)30-36(29-34)33-52/h1-27,34-36H,28-33H2. The maximum absolute atomic E-state index is 5.25. The van der Waals surface area contributed by atoms with E-state index in [1.807, 2.05) is 84.9 Å². The molecular weight excluding hydrogens is 709 g/mol. The van der Waals surface area contributed by atoms with E-state index in [0.29, 0.717) is 40.4 Å². The van der Waals surface area contributed by atoms with Gasteiger partial charge < -0.3 is 0 Å². The smallest absolute Gasteiger partial charge is 0.164 e. The Hall–Kier alpha value is -6.66. The van der Waals surface area contributed by atoms with Crippen LogP contribution in [0, 0.1) is 17.8 Å². The van der Waals surface area contributed by atoms with Crippen LogP contribution in [0.25, 0.3) is 79.5 Å². The third-order valence-corrected chi connectivity index (χ3v) is 12.8. The molecule has 0 aliphatic heterocycles. The Bertz CT molecular complexity index is 2660. The van der Waals surface area contributed by atoms with Gasteiger partial charge in [0.1, 0.15) is 0 Å². The topological polar surface area (TPSA) is 77.3 Å². The van der Waals surface area contributed by atoms with Crippen molar-refractivity contribution < 1.29 is 0 Å². The monoisotopic (exact) mass is 750 g/mol. The molecule has 0 N–H and O–H groups in total. The Labute approximate surface area is 339 Å². The number of nitrogens with zero attached hydrogens (tertiary/aromatic N) is 6. The maximum Gasteiger partial charge on any atom is 0.164 e. The minimum absolute atomic E-state index is 0.335. The highest BCUT2D eigenvalue weighted by molar-refractivity contribution is 5.89. The molecule has 12 rings (SSSR count). The van der Waals surface area contributed by atoms with Crippen molar-refractivity contribution in [3.63, 3.8) is 0 Å². The lowest BCUT2D eigenvalue weighted by atomic mass is 9.48. The van der Waals surface area contributed by atoms with Crippen LogP contribution in [-0.4, -0.2) is 29.9 Å². The highest BCUT2D eigenvalue weighted by Gasteiger charge is 2.51. The van der Waals surface area contributed by atoms with Crippen molar-refractivity contribution in [3.05, 3.63) is 169 Å². The molecule has 0 spiro atoms. The molecule has 4 bridgehead atoms. The summed E-state index contributed by atoms with van der Waals surface area (Å²) in [6.45, 7) is 0. The summed E-state index contributed by atoms with van der Waals surface area (Å²) in [4.78, 5) is 30.7. The first-order chi connectivity index (χ1) is 28.6. The Morgan fingerprint density at radius 1 is 0.293 bits per heavy atom. The maximum atomic E-state index is 5.25. The van der Waals surface area contributed by atoms with Gasteiger partial charge in [-0.2, -0.15) is 0 Å². The van der Waals surface area contributed by atoms with E-state index in [9.17, 15) is 0 Å². The largest absolute Gasteiger partial charge is 0.208 e. The van der Waals surface area contributed by atoms with Gasteiger partial charge in [0.2, 0.25) is 0 Å². The lowest BCUT2D eigenvalue weighted by molar-refractivity contribution is -0.00518. The number of rotatable bonds is 8. The fourth-order valence-electron chi connectivity index (χ4n) is 10.5. The molecular formula is C52H42N6. The summed E-state index contributed by atoms with van der Waals surface area (Å²) in [6.07, 6.45) is 8.36. The highest BCUT2D eigenvalue weighted by atomic mass is 15.0. The summed E-state index contributed by atoms with van der Waals surface area (Å²) in [5.74, 6) is 6.47. The van der Waals surface area contributed by atoms with Crippen LogP contribution in [0.5, 0.6) is 0 Å². The number of hydrogen-bond acceptors (Lipinski definition) is 6. The number of hydrogen-bond donors (Lipinski definition) is 0. The second-order valence-electron chi connectivity index (χ2n) is 16.6. The van der Waals surface area contributed by atoms with E-state index in [0.717, 1.165) is 62.3 Å². The minimum Gasteiger partial charge on any atom is -0.208 e. The van der Waals surface area contributed by atoms with E-state index in [4.69, 9.17) is 29.9 Å². The molecule has 8 aromatic rings. The summed E-state index contributed by atoms with van der Waals surface area (Å²) < 4.78 is 0. The van der Waals surface area contributed by atoms with E-state index in [1.165, 1.54) is 44.1 Å². The van der Waals surface area contributed by atoms with Crippen LogP contribution in [0.3, 0.4) is 0 Å². The SMILES string of the molecule is c1ccc(-c2nc(-c3ccccc3)nc(-c3ccccc3-c3ccccc3-c3nc(-c4ccccc4)nc(-c4ccc(C56CC7CC(CC(C7)C5)C6)cc4)n3)n2)cc1. The van der Waals surface area contributed by atoms with Crippen molar-refractivity contribution in [2.24, 2.45) is 17.8 Å². The van der Waals surface area contributed by atoms with Crippen LogP contribution in [0.1, 0.15) is 44.1 Å². The zero-order valence-electron chi connectivity index (χ0n) is 32.2. The van der Waals surface area contributed by atoms with Crippen molar-refractivity contribution in [2.45, 2.75) is 43.9 Å². The highest BCUT2D eigenvalue weighted by Crippen LogP contribution is 2.60. The summed E-state index contributed by atoms with van der Waals surface area (Å²) in [6, 6.07) is 56.3. The van der Waals surface area contributed by atoms with Crippen LogP contribution >= 0.6 is 0 Å². The third kappa shape index (κ3) is 6.39. The molecule has 6 nitrogen and oxygen atoms in total. The zero-order chi connectivity index (χ0) is 38.5. The fourth-order valence-corrected chi connectivity index (χ4v) is 10.5. The molecule has 4 saturated carbocycles. The average molecular weight is 751 g/mol. The molecule has 280 valence electrons. The summed E-state index contributed by atoms with van der Waals surface area (Å²) in [5.41, 5.74) is 9.39. The molecule has 0 radical (unpaired) electrons. The predicted octanol–water partition coefficient (Wildman–Crippen LogP) is 12.2. The zero-order valence-corrected chi connectivity index (χ0v) is 32.2. The van der Waals surface area contributed by atoms with Gasteiger partial charge in [0.15, 0.2) is 34.9 Å². The number of aromatic nitrogens is 6. The van der Waals surface area contributed by atoms with E-state index in [-0.39, 0.29) is 0 Å². The first-order valence-corrected chi connectivity index (χ1v) is 20.6. The first kappa shape index (κ1) is 34.6. The van der Waals surface area contributed by atoms with Gasteiger partial charge in [-0.05, 0) is 78.4 Å². The molecule has 2 aromatic heterocycles. The quantitative estimate of drug-likeness (QED) is 0.154. The predicted molar refractivity (Wildman–Crippen MR) is 231 cm³/mol. The molecule has 0 saturated heterocycles. The van der Waals surface area contributed by atoms with Crippen molar-refractivity contribution in [1.82, 2.24) is 29.9 Å². The fraction of sp³-hybridized carbons (Fsp3) is 0.192. The lowest BCUT2D eigenvalue weighted by Crippen LogP contribution is -2.48. The molecule has 6 aromatic carbocycles. The molecule has 6 heteroatoms. The van der Waals surface area contributed by atoms with Crippen molar-refractivity contribution in [1.29, 1.82) is 0 Å². The first-order valence-electron chi connectivity index (χ1n) is 20.6. The lowest BCUT2D eigenvalue weighted by Gasteiger charge is -2.57. The Morgan fingerprint density at radius 3 is 0.948 bits per heavy atom. The van der Waals surface area contributed by atoms with Crippen molar-refractivity contribution >= 4 is 0 Å². The van der Waals surface area contributed by atoms with Crippen molar-refractivity contribution in [2.75, 3.05) is 0 Å². The Morgan fingerprint density at radius 2 is 0.586 bits per heavy atom. The van der Waals surface area contributed by atoms with E-state index >= 15 is 0 Å². The van der Waals surface area contributed by atoms with E-state index in [1.54, 1.807) is 0 Å². The number of benzene rings is 6. The Balaban J connectivity index is 1.03. The Kier molecular flexibility index (Phi) is 8.57. The van der Waals surface area contributed by atoms with Gasteiger partial charge in [-0.1, -0.05) is 164 Å². The molecule has 58 heavy (non-hydrogen) atoms. The van der Waals surface area contributed by atoms with E-state index in [2.05, 4.69) is 78.9 Å². The van der Waals surface area contributed by atoms with Crippen LogP contribution < -0.4 is 0 Å².